The van der Waals surface area contributed by atoms with Gasteiger partial charge in [-0.1, -0.05) is 62.2 Å². The average molecular weight is 327 g/mol. The number of hydrogen-bond donors (Lipinski definition) is 0. The number of rotatable bonds is 3. The van der Waals surface area contributed by atoms with Crippen molar-refractivity contribution in [3.63, 3.8) is 0 Å². The highest BCUT2D eigenvalue weighted by Gasteiger charge is 2.28. The monoisotopic (exact) mass is 326 g/mol. The van der Waals surface area contributed by atoms with Crippen LogP contribution in [0.2, 0.25) is 10.3 Å². The van der Waals surface area contributed by atoms with Gasteiger partial charge in [0.1, 0.15) is 16.1 Å². The molecule has 0 N–H and O–H groups in total. The van der Waals surface area contributed by atoms with Crippen LogP contribution in [0.3, 0.4) is 0 Å². The Morgan fingerprint density at radius 2 is 1.52 bits per heavy atom. The van der Waals surface area contributed by atoms with E-state index < -0.39 is 0 Å². The Hall–Kier alpha value is -0.340. The summed E-state index contributed by atoms with van der Waals surface area (Å²) in [6.45, 7) is 2.27. The summed E-state index contributed by atoms with van der Waals surface area (Å²) in [6, 6.07) is 0. The molecule has 0 radical (unpaired) electrons. The van der Waals surface area contributed by atoms with E-state index in [0.29, 0.717) is 22.1 Å². The van der Waals surface area contributed by atoms with Gasteiger partial charge in [-0.15, -0.1) is 0 Å². The van der Waals surface area contributed by atoms with E-state index in [1.807, 2.05) is 0 Å². The summed E-state index contributed by atoms with van der Waals surface area (Å²) in [5.74, 6) is 2.59. The second-order valence-corrected chi connectivity index (χ2v) is 7.41. The zero-order valence-electron chi connectivity index (χ0n) is 12.7. The Morgan fingerprint density at radius 1 is 0.905 bits per heavy atom. The van der Waals surface area contributed by atoms with Crippen LogP contribution < -0.4 is 0 Å². The highest BCUT2D eigenvalue weighted by molar-refractivity contribution is 6.34. The van der Waals surface area contributed by atoms with Crippen LogP contribution >= 0.6 is 23.2 Å². The highest BCUT2D eigenvalue weighted by Crippen LogP contribution is 2.42. The fraction of sp³-hybridized carbons (Fsp3) is 0.765. The Labute approximate surface area is 137 Å². The summed E-state index contributed by atoms with van der Waals surface area (Å²) in [5.41, 5.74) is 1.00. The lowest BCUT2D eigenvalue weighted by Crippen LogP contribution is -2.16. The van der Waals surface area contributed by atoms with Crippen LogP contribution in [-0.2, 0) is 0 Å². The quantitative estimate of drug-likeness (QED) is 0.625. The molecule has 1 aromatic heterocycles. The van der Waals surface area contributed by atoms with Crippen LogP contribution in [0, 0.1) is 5.92 Å². The van der Waals surface area contributed by atoms with Gasteiger partial charge >= 0.3 is 0 Å². The van der Waals surface area contributed by atoms with Crippen LogP contribution in [0.25, 0.3) is 0 Å². The molecular weight excluding hydrogens is 303 g/mol. The van der Waals surface area contributed by atoms with Gasteiger partial charge in [-0.3, -0.25) is 0 Å². The summed E-state index contributed by atoms with van der Waals surface area (Å²) < 4.78 is 0. The summed E-state index contributed by atoms with van der Waals surface area (Å²) in [6.07, 6.45) is 11.1. The molecule has 2 aliphatic rings. The zero-order chi connectivity index (χ0) is 14.8. The molecule has 2 atom stereocenters. The van der Waals surface area contributed by atoms with Crippen molar-refractivity contribution < 1.29 is 0 Å². The maximum absolute atomic E-state index is 6.47. The number of aromatic nitrogens is 2. The number of nitrogens with zero attached hydrogens (tertiary/aromatic N) is 2. The minimum atomic E-state index is 0.441. The van der Waals surface area contributed by atoms with E-state index in [4.69, 9.17) is 23.2 Å². The van der Waals surface area contributed by atoms with Crippen molar-refractivity contribution in [1.82, 2.24) is 9.97 Å². The van der Waals surface area contributed by atoms with Gasteiger partial charge in [-0.05, 0) is 37.5 Å². The molecule has 3 rings (SSSR count). The predicted molar refractivity (Wildman–Crippen MR) is 88.3 cm³/mol. The standard InChI is InChI=1S/C17H24Cl2N2/c1-2-11-6-5-9-13(10-11)17-20-15(18)14(16(19)21-17)12-7-3-4-8-12/h11-13H,2-10H2,1H3. The second-order valence-electron chi connectivity index (χ2n) is 6.70. The molecule has 0 bridgehead atoms. The van der Waals surface area contributed by atoms with Crippen molar-refractivity contribution in [3.05, 3.63) is 21.7 Å². The number of hydrogen-bond acceptors (Lipinski definition) is 2. The minimum absolute atomic E-state index is 0.441. The van der Waals surface area contributed by atoms with Crippen molar-refractivity contribution in [2.75, 3.05) is 0 Å². The first-order chi connectivity index (χ1) is 10.2. The molecule has 2 saturated carbocycles. The SMILES string of the molecule is CCC1CCCC(c2nc(Cl)c(C3CCCC3)c(Cl)n2)C1. The molecule has 2 nitrogen and oxygen atoms in total. The molecule has 0 aromatic carbocycles. The Balaban J connectivity index is 1.84. The van der Waals surface area contributed by atoms with Crippen molar-refractivity contribution >= 4 is 23.2 Å². The van der Waals surface area contributed by atoms with Gasteiger partial charge < -0.3 is 0 Å². The number of halogens is 2. The topological polar surface area (TPSA) is 25.8 Å². The third-order valence-electron chi connectivity index (χ3n) is 5.36. The zero-order valence-corrected chi connectivity index (χ0v) is 14.3. The van der Waals surface area contributed by atoms with Crippen LogP contribution in [0.5, 0.6) is 0 Å². The van der Waals surface area contributed by atoms with E-state index in [2.05, 4.69) is 16.9 Å². The summed E-state index contributed by atoms with van der Waals surface area (Å²) >= 11 is 12.9. The van der Waals surface area contributed by atoms with Gasteiger partial charge in [0, 0.05) is 11.5 Å². The minimum Gasteiger partial charge on any atom is -0.221 e. The fourth-order valence-electron chi connectivity index (χ4n) is 4.06. The van der Waals surface area contributed by atoms with E-state index in [-0.39, 0.29) is 0 Å². The molecule has 21 heavy (non-hydrogen) atoms. The lowest BCUT2D eigenvalue weighted by Gasteiger charge is -2.28. The normalized spacial score (nSPS) is 27.2. The summed E-state index contributed by atoms with van der Waals surface area (Å²) in [4.78, 5) is 9.28. The predicted octanol–water partition coefficient (Wildman–Crippen LogP) is 6.12. The van der Waals surface area contributed by atoms with Gasteiger partial charge in [-0.25, -0.2) is 9.97 Å². The Bertz CT molecular complexity index is 475. The molecule has 1 aromatic rings. The van der Waals surface area contributed by atoms with Crippen molar-refractivity contribution in [1.29, 1.82) is 0 Å². The maximum Gasteiger partial charge on any atom is 0.137 e. The van der Waals surface area contributed by atoms with Crippen LogP contribution in [0.1, 0.15) is 87.9 Å². The van der Waals surface area contributed by atoms with E-state index >= 15 is 0 Å². The molecular formula is C17H24Cl2N2. The van der Waals surface area contributed by atoms with Gasteiger partial charge in [0.05, 0.1) is 0 Å². The van der Waals surface area contributed by atoms with Crippen LogP contribution in [0.15, 0.2) is 0 Å². The average Bonchev–Trinajstić information content (AvgIpc) is 3.00. The first kappa shape index (κ1) is 15.6. The second kappa shape index (κ2) is 6.83. The summed E-state index contributed by atoms with van der Waals surface area (Å²) in [7, 11) is 0. The third kappa shape index (κ3) is 3.37. The smallest absolute Gasteiger partial charge is 0.137 e. The maximum atomic E-state index is 6.47. The van der Waals surface area contributed by atoms with Gasteiger partial charge in [0.15, 0.2) is 0 Å². The fourth-order valence-corrected chi connectivity index (χ4v) is 4.77. The highest BCUT2D eigenvalue weighted by atomic mass is 35.5. The van der Waals surface area contributed by atoms with Crippen molar-refractivity contribution in [2.24, 2.45) is 5.92 Å². The van der Waals surface area contributed by atoms with Crippen LogP contribution in [-0.4, -0.2) is 9.97 Å². The summed E-state index contributed by atoms with van der Waals surface area (Å²) in [5, 5.41) is 1.21. The van der Waals surface area contributed by atoms with Gasteiger partial charge in [0.25, 0.3) is 0 Å². The molecule has 0 saturated heterocycles. The van der Waals surface area contributed by atoms with E-state index in [1.54, 1.807) is 0 Å². The molecule has 1 heterocycles. The first-order valence-corrected chi connectivity index (χ1v) is 9.17. The van der Waals surface area contributed by atoms with Gasteiger partial charge in [-0.2, -0.15) is 0 Å². The first-order valence-electron chi connectivity index (χ1n) is 8.41. The van der Waals surface area contributed by atoms with Gasteiger partial charge in [0.2, 0.25) is 0 Å². The molecule has 2 fully saturated rings. The lowest BCUT2D eigenvalue weighted by atomic mass is 9.80. The lowest BCUT2D eigenvalue weighted by molar-refractivity contribution is 0.307. The molecule has 2 aliphatic carbocycles. The van der Waals surface area contributed by atoms with E-state index in [1.165, 1.54) is 57.8 Å². The van der Waals surface area contributed by atoms with E-state index in [9.17, 15) is 0 Å². The van der Waals surface area contributed by atoms with Crippen molar-refractivity contribution in [2.45, 2.75) is 76.5 Å². The molecule has 116 valence electrons. The van der Waals surface area contributed by atoms with Crippen molar-refractivity contribution in [3.8, 4) is 0 Å². The molecule has 4 heteroatoms. The van der Waals surface area contributed by atoms with Crippen LogP contribution in [0.4, 0.5) is 0 Å². The Morgan fingerprint density at radius 3 is 2.14 bits per heavy atom. The third-order valence-corrected chi connectivity index (χ3v) is 5.93. The Kier molecular flexibility index (Phi) is 5.06. The largest absolute Gasteiger partial charge is 0.221 e. The molecule has 0 aliphatic heterocycles. The molecule has 2 unspecified atom stereocenters. The molecule has 0 spiro atoms. The molecule has 0 amide bonds. The van der Waals surface area contributed by atoms with E-state index in [0.717, 1.165) is 17.3 Å².